The van der Waals surface area contributed by atoms with Crippen molar-refractivity contribution < 1.29 is 4.74 Å². The van der Waals surface area contributed by atoms with Gasteiger partial charge in [-0.05, 0) is 13.3 Å². The third-order valence-electron chi connectivity index (χ3n) is 2.27. The Balaban J connectivity index is 0.00000361. The normalized spacial score (nSPS) is 12.7. The molecule has 5 nitrogen and oxygen atoms in total. The van der Waals surface area contributed by atoms with Gasteiger partial charge in [-0.2, -0.15) is 0 Å². The molecule has 1 atom stereocenters. The summed E-state index contributed by atoms with van der Waals surface area (Å²) in [6, 6.07) is 0.251. The maximum atomic E-state index is 5.08. The van der Waals surface area contributed by atoms with Crippen LogP contribution in [0.1, 0.15) is 13.3 Å². The third kappa shape index (κ3) is 8.98. The molecule has 0 aliphatic heterocycles. The molecule has 0 bridgehead atoms. The van der Waals surface area contributed by atoms with E-state index in [4.69, 9.17) is 4.74 Å². The molecule has 1 aromatic heterocycles. The van der Waals surface area contributed by atoms with E-state index in [1.807, 2.05) is 11.6 Å². The number of aliphatic imine (C=N–C) groups is 1. The minimum atomic E-state index is 0. The molecule has 1 heterocycles. The number of hydrogen-bond donors (Lipinski definition) is 2. The number of nitrogens with zero attached hydrogens (tertiary/aromatic N) is 2. The van der Waals surface area contributed by atoms with E-state index in [2.05, 4.69) is 27.5 Å². The molecule has 1 unspecified atom stereocenters. The number of hydrogen-bond acceptors (Lipinski definition) is 5. The fourth-order valence-corrected chi connectivity index (χ4v) is 3.09. The maximum Gasteiger partial charge on any atom is 0.191 e. The first-order valence-corrected chi connectivity index (χ1v) is 8.11. The van der Waals surface area contributed by atoms with E-state index in [-0.39, 0.29) is 30.0 Å². The summed E-state index contributed by atoms with van der Waals surface area (Å²) >= 11 is 3.48. The Morgan fingerprint density at radius 3 is 3.00 bits per heavy atom. The van der Waals surface area contributed by atoms with Crippen LogP contribution in [0.15, 0.2) is 20.9 Å². The first kappa shape index (κ1) is 19.9. The van der Waals surface area contributed by atoms with Crippen LogP contribution < -0.4 is 10.6 Å². The Bertz CT molecular complexity index is 362. The van der Waals surface area contributed by atoms with Gasteiger partial charge in [0.2, 0.25) is 0 Å². The second-order valence-electron chi connectivity index (χ2n) is 4.00. The fourth-order valence-electron chi connectivity index (χ4n) is 1.44. The van der Waals surface area contributed by atoms with Crippen molar-refractivity contribution in [3.05, 3.63) is 11.6 Å². The molecule has 0 fully saturated rings. The van der Waals surface area contributed by atoms with Gasteiger partial charge in [0.05, 0.1) is 6.61 Å². The van der Waals surface area contributed by atoms with Crippen LogP contribution >= 0.6 is 47.1 Å². The Kier molecular flexibility index (Phi) is 12.6. The first-order valence-electron chi connectivity index (χ1n) is 6.24. The molecule has 0 radical (unpaired) electrons. The van der Waals surface area contributed by atoms with Crippen molar-refractivity contribution in [1.82, 2.24) is 15.6 Å². The molecule has 0 aliphatic carbocycles. The molecular formula is C12H23IN4OS2. The van der Waals surface area contributed by atoms with Crippen LogP contribution in [-0.4, -0.2) is 50.0 Å². The summed E-state index contributed by atoms with van der Waals surface area (Å²) in [5, 5.41) is 8.56. The second kappa shape index (κ2) is 12.7. The molecule has 0 spiro atoms. The minimum absolute atomic E-state index is 0. The Hall–Kier alpha value is -0.0600. The van der Waals surface area contributed by atoms with Crippen molar-refractivity contribution in [1.29, 1.82) is 0 Å². The molecule has 1 rings (SSSR count). The number of halogens is 1. The van der Waals surface area contributed by atoms with E-state index in [0.717, 1.165) is 29.0 Å². The summed E-state index contributed by atoms with van der Waals surface area (Å²) in [6.07, 6.45) is 2.91. The first-order chi connectivity index (χ1) is 9.26. The lowest BCUT2D eigenvalue weighted by Crippen LogP contribution is -2.44. The highest BCUT2D eigenvalue weighted by Gasteiger charge is 2.03. The van der Waals surface area contributed by atoms with Crippen LogP contribution in [0.5, 0.6) is 0 Å². The van der Waals surface area contributed by atoms with Gasteiger partial charge in [-0.15, -0.1) is 35.3 Å². The van der Waals surface area contributed by atoms with Gasteiger partial charge in [-0.3, -0.25) is 4.99 Å². The highest BCUT2D eigenvalue weighted by atomic mass is 127. The summed E-state index contributed by atoms with van der Waals surface area (Å²) in [4.78, 5) is 8.42. The standard InChI is InChI=1S/C12H22N4OS2.HI/c1-10(9-17-3)16-11(13-2)14-5-4-7-18-12-15-6-8-19-12;/h6,8,10H,4-5,7,9H2,1-3H3,(H2,13,14,16);1H. The van der Waals surface area contributed by atoms with E-state index >= 15 is 0 Å². The van der Waals surface area contributed by atoms with E-state index < -0.39 is 0 Å². The zero-order valence-corrected chi connectivity index (χ0v) is 16.1. The minimum Gasteiger partial charge on any atom is -0.383 e. The maximum absolute atomic E-state index is 5.08. The van der Waals surface area contributed by atoms with Gasteiger partial charge in [0, 0.05) is 44.1 Å². The van der Waals surface area contributed by atoms with Gasteiger partial charge in [0.1, 0.15) is 4.34 Å². The molecule has 2 N–H and O–H groups in total. The van der Waals surface area contributed by atoms with Gasteiger partial charge >= 0.3 is 0 Å². The lowest BCUT2D eigenvalue weighted by molar-refractivity contribution is 0.179. The van der Waals surface area contributed by atoms with Gasteiger partial charge in [0.25, 0.3) is 0 Å². The van der Waals surface area contributed by atoms with Crippen LogP contribution in [0.3, 0.4) is 0 Å². The summed E-state index contributed by atoms with van der Waals surface area (Å²) in [7, 11) is 3.48. The monoisotopic (exact) mass is 430 g/mol. The van der Waals surface area contributed by atoms with Gasteiger partial charge in [-0.1, -0.05) is 11.8 Å². The number of ether oxygens (including phenoxy) is 1. The number of guanidine groups is 1. The molecule has 1 aromatic rings. The molecular weight excluding hydrogens is 407 g/mol. The van der Waals surface area contributed by atoms with Crippen molar-refractivity contribution in [3.8, 4) is 0 Å². The van der Waals surface area contributed by atoms with Gasteiger partial charge < -0.3 is 15.4 Å². The van der Waals surface area contributed by atoms with Crippen molar-refractivity contribution in [2.45, 2.75) is 23.7 Å². The highest BCUT2D eigenvalue weighted by Crippen LogP contribution is 2.20. The predicted molar refractivity (Wildman–Crippen MR) is 98.7 cm³/mol. The number of thioether (sulfide) groups is 1. The van der Waals surface area contributed by atoms with E-state index in [0.29, 0.717) is 6.61 Å². The van der Waals surface area contributed by atoms with Crippen LogP contribution in [0.4, 0.5) is 0 Å². The second-order valence-corrected chi connectivity index (χ2v) is 6.24. The number of nitrogens with one attached hydrogen (secondary N) is 2. The highest BCUT2D eigenvalue weighted by molar-refractivity contribution is 14.0. The topological polar surface area (TPSA) is 58.5 Å². The largest absolute Gasteiger partial charge is 0.383 e. The third-order valence-corrected chi connectivity index (χ3v) is 4.32. The zero-order chi connectivity index (χ0) is 13.9. The molecule has 0 aliphatic rings. The SMILES string of the molecule is CN=C(NCCCSc1nccs1)NC(C)COC.I. The van der Waals surface area contributed by atoms with E-state index in [1.165, 1.54) is 0 Å². The molecule has 0 amide bonds. The summed E-state index contributed by atoms with van der Waals surface area (Å²) in [5.74, 6) is 1.88. The quantitative estimate of drug-likeness (QED) is 0.218. The van der Waals surface area contributed by atoms with Crippen molar-refractivity contribution in [2.24, 2.45) is 4.99 Å². The summed E-state index contributed by atoms with van der Waals surface area (Å²) < 4.78 is 6.21. The Morgan fingerprint density at radius 2 is 2.40 bits per heavy atom. The summed E-state index contributed by atoms with van der Waals surface area (Å²) in [6.45, 7) is 3.63. The van der Waals surface area contributed by atoms with Gasteiger partial charge in [-0.25, -0.2) is 4.98 Å². The molecule has 116 valence electrons. The van der Waals surface area contributed by atoms with Crippen molar-refractivity contribution in [2.75, 3.05) is 33.1 Å². The fraction of sp³-hybridized carbons (Fsp3) is 0.667. The Morgan fingerprint density at radius 1 is 1.60 bits per heavy atom. The zero-order valence-electron chi connectivity index (χ0n) is 12.1. The van der Waals surface area contributed by atoms with Crippen LogP contribution in [0.25, 0.3) is 0 Å². The van der Waals surface area contributed by atoms with E-state index in [1.54, 1.807) is 37.3 Å². The van der Waals surface area contributed by atoms with Crippen LogP contribution in [0.2, 0.25) is 0 Å². The smallest absolute Gasteiger partial charge is 0.191 e. The number of aromatic nitrogens is 1. The van der Waals surface area contributed by atoms with Crippen LogP contribution in [-0.2, 0) is 4.74 Å². The van der Waals surface area contributed by atoms with Crippen molar-refractivity contribution in [3.63, 3.8) is 0 Å². The summed E-state index contributed by atoms with van der Waals surface area (Å²) in [5.41, 5.74) is 0. The molecule has 0 saturated heterocycles. The number of rotatable bonds is 8. The lowest BCUT2D eigenvalue weighted by Gasteiger charge is -2.16. The molecule has 0 saturated carbocycles. The predicted octanol–water partition coefficient (Wildman–Crippen LogP) is 2.44. The lowest BCUT2D eigenvalue weighted by atomic mass is 10.4. The van der Waals surface area contributed by atoms with Crippen LogP contribution in [0, 0.1) is 0 Å². The Labute approximate surface area is 146 Å². The average Bonchev–Trinajstić information content (AvgIpc) is 2.90. The molecule has 20 heavy (non-hydrogen) atoms. The van der Waals surface area contributed by atoms with E-state index in [9.17, 15) is 0 Å². The molecule has 8 heteroatoms. The molecule has 0 aromatic carbocycles. The number of methoxy groups -OCH3 is 1. The average molecular weight is 430 g/mol. The van der Waals surface area contributed by atoms with Crippen molar-refractivity contribution >= 4 is 53.0 Å². The van der Waals surface area contributed by atoms with Gasteiger partial charge in [0.15, 0.2) is 5.96 Å². The number of thiazole rings is 1.